The molecule has 0 radical (unpaired) electrons. The topological polar surface area (TPSA) is 60.8 Å². The van der Waals surface area contributed by atoms with E-state index in [1.807, 2.05) is 17.9 Å². The number of benzene rings is 1. The predicted molar refractivity (Wildman–Crippen MR) is 63.9 cm³/mol. The van der Waals surface area contributed by atoms with Crippen LogP contribution in [0.1, 0.15) is 31.4 Å². The molecular weight excluding hydrogens is 218 g/mol. The Kier molecular flexibility index (Phi) is 3.33. The Labute approximate surface area is 100 Å². The highest BCUT2D eigenvalue weighted by molar-refractivity contribution is 5.69. The number of hydrogen-bond donors (Lipinski definition) is 2. The van der Waals surface area contributed by atoms with E-state index in [0.29, 0.717) is 6.04 Å². The maximum Gasteiger partial charge on any atom is 0.317 e. The second kappa shape index (κ2) is 4.75. The Bertz CT molecular complexity index is 415. The second-order valence-electron chi connectivity index (χ2n) is 4.57. The Balaban J connectivity index is 2.15. The lowest BCUT2D eigenvalue weighted by Crippen LogP contribution is -2.34. The van der Waals surface area contributed by atoms with Crippen LogP contribution in [0.2, 0.25) is 0 Å². The van der Waals surface area contributed by atoms with Crippen molar-refractivity contribution in [3.63, 3.8) is 0 Å². The summed E-state index contributed by atoms with van der Waals surface area (Å²) in [5.74, 6) is -0.579. The summed E-state index contributed by atoms with van der Waals surface area (Å²) in [5, 5.41) is 18.4. The SMILES string of the molecule is CC(c1cccc(O)c1)N(CC(=O)O)C1CC1. The highest BCUT2D eigenvalue weighted by Gasteiger charge is 2.33. The number of carboxylic acid groups (broad SMARTS) is 1. The summed E-state index contributed by atoms with van der Waals surface area (Å²) in [5.41, 5.74) is 0.957. The van der Waals surface area contributed by atoms with Crippen LogP contribution in [0.3, 0.4) is 0 Å². The van der Waals surface area contributed by atoms with Gasteiger partial charge in [-0.15, -0.1) is 0 Å². The van der Waals surface area contributed by atoms with Crippen LogP contribution in [-0.2, 0) is 4.79 Å². The van der Waals surface area contributed by atoms with Gasteiger partial charge in [-0.05, 0) is 37.5 Å². The molecule has 2 N–H and O–H groups in total. The van der Waals surface area contributed by atoms with Crippen LogP contribution >= 0.6 is 0 Å². The average molecular weight is 235 g/mol. The molecule has 0 heterocycles. The normalized spacial score (nSPS) is 17.1. The molecular formula is C13H17NO3. The van der Waals surface area contributed by atoms with Crippen molar-refractivity contribution in [2.24, 2.45) is 0 Å². The molecule has 1 aliphatic carbocycles. The third-order valence-corrected chi connectivity index (χ3v) is 3.18. The summed E-state index contributed by atoms with van der Waals surface area (Å²) >= 11 is 0. The van der Waals surface area contributed by atoms with Gasteiger partial charge in [-0.3, -0.25) is 9.69 Å². The van der Waals surface area contributed by atoms with Gasteiger partial charge >= 0.3 is 5.97 Å². The van der Waals surface area contributed by atoms with E-state index in [-0.39, 0.29) is 18.3 Å². The zero-order valence-corrected chi connectivity index (χ0v) is 9.84. The molecule has 0 amide bonds. The quantitative estimate of drug-likeness (QED) is 0.819. The van der Waals surface area contributed by atoms with E-state index in [1.54, 1.807) is 18.2 Å². The van der Waals surface area contributed by atoms with Gasteiger partial charge in [0.25, 0.3) is 0 Å². The van der Waals surface area contributed by atoms with Gasteiger partial charge in [0, 0.05) is 12.1 Å². The van der Waals surface area contributed by atoms with Gasteiger partial charge in [-0.2, -0.15) is 0 Å². The fourth-order valence-corrected chi connectivity index (χ4v) is 2.12. The summed E-state index contributed by atoms with van der Waals surface area (Å²) in [6, 6.07) is 7.42. The van der Waals surface area contributed by atoms with E-state index < -0.39 is 5.97 Å². The lowest BCUT2D eigenvalue weighted by molar-refractivity contribution is -0.139. The van der Waals surface area contributed by atoms with Crippen molar-refractivity contribution < 1.29 is 15.0 Å². The van der Waals surface area contributed by atoms with Crippen molar-refractivity contribution in [3.05, 3.63) is 29.8 Å². The molecule has 1 unspecified atom stereocenters. The molecule has 1 aromatic rings. The highest BCUT2D eigenvalue weighted by atomic mass is 16.4. The van der Waals surface area contributed by atoms with Crippen LogP contribution in [-0.4, -0.2) is 33.7 Å². The number of hydrogen-bond acceptors (Lipinski definition) is 3. The highest BCUT2D eigenvalue weighted by Crippen LogP contribution is 2.34. The van der Waals surface area contributed by atoms with Gasteiger partial charge in [0.05, 0.1) is 6.54 Å². The van der Waals surface area contributed by atoms with Crippen LogP contribution in [0.4, 0.5) is 0 Å². The van der Waals surface area contributed by atoms with E-state index >= 15 is 0 Å². The molecule has 17 heavy (non-hydrogen) atoms. The first kappa shape index (κ1) is 11.9. The standard InChI is InChI=1S/C13H17NO3/c1-9(10-3-2-4-12(15)7-10)14(8-13(16)17)11-5-6-11/h2-4,7,9,11,15H,5-6,8H2,1H3,(H,16,17). The molecule has 0 bridgehead atoms. The molecule has 1 aromatic carbocycles. The summed E-state index contributed by atoms with van der Waals surface area (Å²) in [6.07, 6.45) is 2.13. The zero-order valence-electron chi connectivity index (χ0n) is 9.84. The van der Waals surface area contributed by atoms with Crippen LogP contribution in [0.5, 0.6) is 5.75 Å². The molecule has 0 saturated heterocycles. The van der Waals surface area contributed by atoms with E-state index in [0.717, 1.165) is 18.4 Å². The minimum Gasteiger partial charge on any atom is -0.508 e. The molecule has 1 saturated carbocycles. The lowest BCUT2D eigenvalue weighted by Gasteiger charge is -2.27. The number of nitrogens with zero attached hydrogens (tertiary/aromatic N) is 1. The number of carbonyl (C=O) groups is 1. The lowest BCUT2D eigenvalue weighted by atomic mass is 10.1. The van der Waals surface area contributed by atoms with Gasteiger partial charge in [-0.25, -0.2) is 0 Å². The fourth-order valence-electron chi connectivity index (χ4n) is 2.12. The largest absolute Gasteiger partial charge is 0.508 e. The average Bonchev–Trinajstić information content (AvgIpc) is 3.08. The van der Waals surface area contributed by atoms with Crippen molar-refractivity contribution in [1.29, 1.82) is 0 Å². The molecule has 1 atom stereocenters. The number of phenols is 1. The maximum atomic E-state index is 10.9. The third kappa shape index (κ3) is 2.97. The summed E-state index contributed by atoms with van der Waals surface area (Å²) in [6.45, 7) is 2.04. The molecule has 92 valence electrons. The maximum absolute atomic E-state index is 10.9. The van der Waals surface area contributed by atoms with Crippen LogP contribution < -0.4 is 0 Å². The van der Waals surface area contributed by atoms with Gasteiger partial charge < -0.3 is 10.2 Å². The van der Waals surface area contributed by atoms with Gasteiger partial charge in [0.2, 0.25) is 0 Å². The van der Waals surface area contributed by atoms with E-state index in [1.165, 1.54) is 0 Å². The zero-order chi connectivity index (χ0) is 12.4. The Morgan fingerprint density at radius 1 is 1.53 bits per heavy atom. The summed E-state index contributed by atoms with van der Waals surface area (Å²) in [7, 11) is 0. The molecule has 4 heteroatoms. The predicted octanol–water partition coefficient (Wildman–Crippen LogP) is 2.00. The molecule has 4 nitrogen and oxygen atoms in total. The molecule has 1 fully saturated rings. The third-order valence-electron chi connectivity index (χ3n) is 3.18. The fraction of sp³-hybridized carbons (Fsp3) is 0.462. The van der Waals surface area contributed by atoms with Gasteiger partial charge in [-0.1, -0.05) is 12.1 Å². The van der Waals surface area contributed by atoms with Crippen LogP contribution in [0.25, 0.3) is 0 Å². The first-order valence-electron chi connectivity index (χ1n) is 5.84. The Morgan fingerprint density at radius 3 is 2.76 bits per heavy atom. The summed E-state index contributed by atoms with van der Waals surface area (Å²) in [4.78, 5) is 12.8. The van der Waals surface area contributed by atoms with Crippen molar-refractivity contribution in [2.75, 3.05) is 6.54 Å². The van der Waals surface area contributed by atoms with Crippen molar-refractivity contribution in [3.8, 4) is 5.75 Å². The van der Waals surface area contributed by atoms with Crippen molar-refractivity contribution in [1.82, 2.24) is 4.90 Å². The van der Waals surface area contributed by atoms with Crippen LogP contribution in [0, 0.1) is 0 Å². The smallest absolute Gasteiger partial charge is 0.317 e. The van der Waals surface area contributed by atoms with Gasteiger partial charge in [0.1, 0.15) is 5.75 Å². The molecule has 0 aliphatic heterocycles. The second-order valence-corrected chi connectivity index (χ2v) is 4.57. The Hall–Kier alpha value is -1.55. The monoisotopic (exact) mass is 235 g/mol. The van der Waals surface area contributed by atoms with E-state index in [4.69, 9.17) is 5.11 Å². The number of aromatic hydroxyl groups is 1. The van der Waals surface area contributed by atoms with Gasteiger partial charge in [0.15, 0.2) is 0 Å². The molecule has 1 aliphatic rings. The first-order valence-corrected chi connectivity index (χ1v) is 5.84. The van der Waals surface area contributed by atoms with Crippen LogP contribution in [0.15, 0.2) is 24.3 Å². The summed E-state index contributed by atoms with van der Waals surface area (Å²) < 4.78 is 0. The van der Waals surface area contributed by atoms with Crippen molar-refractivity contribution in [2.45, 2.75) is 31.8 Å². The van der Waals surface area contributed by atoms with E-state index in [2.05, 4.69) is 0 Å². The number of carboxylic acids is 1. The van der Waals surface area contributed by atoms with E-state index in [9.17, 15) is 9.90 Å². The molecule has 0 aromatic heterocycles. The first-order chi connectivity index (χ1) is 8.08. The van der Waals surface area contributed by atoms with Crippen molar-refractivity contribution >= 4 is 5.97 Å². The minimum atomic E-state index is -0.802. The molecule has 0 spiro atoms. The number of rotatable bonds is 5. The number of phenolic OH excluding ortho intramolecular Hbond substituents is 1. The minimum absolute atomic E-state index is 0.0192. The Morgan fingerprint density at radius 2 is 2.24 bits per heavy atom. The number of aliphatic carboxylic acids is 1. The molecule has 2 rings (SSSR count).